The molecule has 2 rings (SSSR count). The number of unbranched alkanes of at least 4 members (excludes halogenated alkanes) is 5. The molecule has 62 heavy (non-hydrogen) atoms. The van der Waals surface area contributed by atoms with E-state index in [1.165, 1.54) is 0 Å². The maximum atomic E-state index is 13.0. The number of rotatable bonds is 32. The van der Waals surface area contributed by atoms with Gasteiger partial charge in [0, 0.05) is 6.42 Å². The lowest BCUT2D eigenvalue weighted by molar-refractivity contribution is -0.359. The predicted molar refractivity (Wildman–Crippen MR) is 239 cm³/mol. The third-order valence-electron chi connectivity index (χ3n) is 10.6. The van der Waals surface area contributed by atoms with Gasteiger partial charge in [0.05, 0.1) is 32.0 Å². The van der Waals surface area contributed by atoms with E-state index >= 15 is 0 Å². The fourth-order valence-electron chi connectivity index (χ4n) is 6.86. The highest BCUT2D eigenvalue weighted by Gasteiger charge is 2.51. The van der Waals surface area contributed by atoms with Gasteiger partial charge in [-0.2, -0.15) is 0 Å². The Hall–Kier alpha value is -2.83. The van der Waals surface area contributed by atoms with Crippen LogP contribution in [0.1, 0.15) is 117 Å². The summed E-state index contributed by atoms with van der Waals surface area (Å²) in [5.74, 6) is -0.257. The summed E-state index contributed by atoms with van der Waals surface area (Å²) >= 11 is 0. The van der Waals surface area contributed by atoms with Crippen LogP contribution in [-0.2, 0) is 23.7 Å². The summed E-state index contributed by atoms with van der Waals surface area (Å²) in [4.78, 5) is 13.0. The van der Waals surface area contributed by atoms with Gasteiger partial charge >= 0.3 is 0 Å². The number of aliphatic hydroxyl groups excluding tert-OH is 8. The third kappa shape index (κ3) is 22.2. The molecule has 354 valence electrons. The van der Waals surface area contributed by atoms with E-state index in [9.17, 15) is 45.6 Å². The fraction of sp³-hybridized carbons (Fsp3) is 0.688. The maximum Gasteiger partial charge on any atom is 0.220 e. The molecule has 0 aromatic carbocycles. The normalized spacial score (nSPS) is 28.5. The number of allylic oxidation sites excluding steroid dienone is 14. The van der Waals surface area contributed by atoms with Crippen molar-refractivity contribution in [3.8, 4) is 0 Å². The van der Waals surface area contributed by atoms with Crippen LogP contribution in [0, 0.1) is 0 Å². The van der Waals surface area contributed by atoms with Gasteiger partial charge in [0.2, 0.25) is 5.91 Å². The van der Waals surface area contributed by atoms with E-state index in [0.717, 1.165) is 83.5 Å². The molecular weight excluding hydrogens is 799 g/mol. The number of carbonyl (C=O) groups is 1. The predicted octanol–water partition coefficient (Wildman–Crippen LogP) is 4.65. The Morgan fingerprint density at radius 3 is 1.65 bits per heavy atom. The van der Waals surface area contributed by atoms with Crippen molar-refractivity contribution in [1.82, 2.24) is 5.32 Å². The first kappa shape index (κ1) is 55.3. The average molecular weight is 878 g/mol. The first-order valence-corrected chi connectivity index (χ1v) is 22.8. The quantitative estimate of drug-likeness (QED) is 0.0332. The summed E-state index contributed by atoms with van der Waals surface area (Å²) in [7, 11) is 0. The highest BCUT2D eigenvalue weighted by atomic mass is 16.7. The van der Waals surface area contributed by atoms with Gasteiger partial charge in [-0.05, 0) is 70.6 Å². The zero-order chi connectivity index (χ0) is 45.4. The van der Waals surface area contributed by atoms with Gasteiger partial charge in [0.1, 0.15) is 48.8 Å². The molecule has 2 saturated heterocycles. The number of ether oxygens (including phenoxy) is 4. The van der Waals surface area contributed by atoms with Crippen molar-refractivity contribution in [3.63, 3.8) is 0 Å². The summed E-state index contributed by atoms with van der Waals surface area (Å²) in [5.41, 5.74) is 0. The molecule has 2 fully saturated rings. The van der Waals surface area contributed by atoms with Crippen molar-refractivity contribution < 1.29 is 64.6 Å². The molecule has 0 aliphatic carbocycles. The number of carbonyl (C=O) groups excluding carboxylic acids is 1. The molecule has 1 amide bonds. The molecule has 12 unspecified atom stereocenters. The van der Waals surface area contributed by atoms with Gasteiger partial charge in [-0.15, -0.1) is 0 Å². The van der Waals surface area contributed by atoms with E-state index in [1.54, 1.807) is 0 Å². The lowest BCUT2D eigenvalue weighted by Crippen LogP contribution is -2.65. The minimum atomic E-state index is -1.79. The van der Waals surface area contributed by atoms with Crippen LogP contribution in [0.2, 0.25) is 0 Å². The molecule has 0 spiro atoms. The van der Waals surface area contributed by atoms with Crippen LogP contribution in [-0.4, -0.2) is 140 Å². The van der Waals surface area contributed by atoms with Gasteiger partial charge in [-0.1, -0.05) is 125 Å². The molecule has 14 heteroatoms. The van der Waals surface area contributed by atoms with E-state index in [2.05, 4.69) is 97.3 Å². The Morgan fingerprint density at radius 1 is 0.597 bits per heavy atom. The lowest BCUT2D eigenvalue weighted by atomic mass is 9.97. The Morgan fingerprint density at radius 2 is 1.11 bits per heavy atom. The van der Waals surface area contributed by atoms with E-state index in [1.807, 2.05) is 6.92 Å². The van der Waals surface area contributed by atoms with Crippen LogP contribution in [0.5, 0.6) is 0 Å². The third-order valence-corrected chi connectivity index (χ3v) is 10.6. The first-order valence-electron chi connectivity index (χ1n) is 22.8. The molecule has 0 aromatic heterocycles. The van der Waals surface area contributed by atoms with E-state index in [-0.39, 0.29) is 18.9 Å². The maximum absolute atomic E-state index is 13.0. The summed E-state index contributed by atoms with van der Waals surface area (Å²) < 4.78 is 22.5. The van der Waals surface area contributed by atoms with Gasteiger partial charge in [0.25, 0.3) is 0 Å². The summed E-state index contributed by atoms with van der Waals surface area (Å²) in [6, 6.07) is -0.847. The molecule has 12 atom stereocenters. The van der Waals surface area contributed by atoms with Crippen LogP contribution < -0.4 is 5.32 Å². The minimum absolute atomic E-state index is 0.255. The Bertz CT molecular complexity index is 1360. The number of amides is 1. The average Bonchev–Trinajstić information content (AvgIpc) is 3.27. The zero-order valence-electron chi connectivity index (χ0n) is 37.1. The molecule has 9 N–H and O–H groups in total. The van der Waals surface area contributed by atoms with Crippen LogP contribution in [0.4, 0.5) is 0 Å². The zero-order valence-corrected chi connectivity index (χ0v) is 37.1. The molecule has 0 radical (unpaired) electrons. The SMILES string of the molecule is CC/C=C\C/C=C\C/C=C\C/C=C\C/C=C\C/C=C\C/C=C\CCCCCC(=O)NC(COC1OC(CO)C(OC2OC(CO)C(O)C(O)C2O)C(O)C1O)C(O)CCCCC. The molecular formula is C48H79NO13. The standard InChI is InChI=1S/C48H79NO13/c1-3-5-7-8-9-10-11-12-13-14-15-16-17-18-19-20-21-22-23-24-25-26-27-28-30-32-40(53)49-36(37(52)31-29-6-4-2)35-59-47-45(58)43(56)46(39(34-51)61-47)62-48-44(57)42(55)41(54)38(33-50)60-48/h5,7,9-10,12-13,15-16,18-19,21-22,24-25,36-39,41-48,50-52,54-58H,3-4,6,8,11,14,17,20,23,26-35H2,1-2H3,(H,49,53)/b7-5-,10-9-,13-12-,16-15-,19-18-,22-21-,25-24-. The van der Waals surface area contributed by atoms with Crippen molar-refractivity contribution >= 4 is 5.91 Å². The number of hydrogen-bond acceptors (Lipinski definition) is 13. The summed E-state index contributed by atoms with van der Waals surface area (Å²) in [5, 5.41) is 85.8. The number of hydrogen-bond donors (Lipinski definition) is 9. The fourth-order valence-corrected chi connectivity index (χ4v) is 6.86. The Balaban J connectivity index is 1.70. The van der Waals surface area contributed by atoms with Crippen LogP contribution in [0.25, 0.3) is 0 Å². The molecule has 2 aliphatic heterocycles. The highest BCUT2D eigenvalue weighted by molar-refractivity contribution is 5.76. The smallest absolute Gasteiger partial charge is 0.220 e. The molecule has 14 nitrogen and oxygen atoms in total. The van der Waals surface area contributed by atoms with Crippen molar-refractivity contribution in [1.29, 1.82) is 0 Å². The van der Waals surface area contributed by atoms with Gasteiger partial charge in [0.15, 0.2) is 12.6 Å². The second-order valence-corrected chi connectivity index (χ2v) is 15.8. The van der Waals surface area contributed by atoms with Gasteiger partial charge in [-0.3, -0.25) is 4.79 Å². The molecule has 0 saturated carbocycles. The van der Waals surface area contributed by atoms with Crippen LogP contribution >= 0.6 is 0 Å². The highest BCUT2D eigenvalue weighted by Crippen LogP contribution is 2.30. The van der Waals surface area contributed by atoms with Crippen molar-refractivity contribution in [2.45, 2.75) is 190 Å². The molecule has 2 heterocycles. The number of nitrogens with one attached hydrogen (secondary N) is 1. The first-order chi connectivity index (χ1) is 30.1. The topological polar surface area (TPSA) is 228 Å². The lowest BCUT2D eigenvalue weighted by Gasteiger charge is -2.46. The van der Waals surface area contributed by atoms with E-state index in [0.29, 0.717) is 12.8 Å². The second-order valence-electron chi connectivity index (χ2n) is 15.8. The van der Waals surface area contributed by atoms with Gasteiger partial charge in [-0.25, -0.2) is 0 Å². The van der Waals surface area contributed by atoms with Crippen molar-refractivity contribution in [3.05, 3.63) is 85.1 Å². The summed E-state index contributed by atoms with van der Waals surface area (Å²) in [6.45, 7) is 2.49. The Kier molecular flexibility index (Phi) is 30.8. The number of aliphatic hydroxyl groups is 8. The summed E-state index contributed by atoms with van der Waals surface area (Å²) in [6.07, 6.45) is 27.0. The molecule has 0 bridgehead atoms. The van der Waals surface area contributed by atoms with Crippen molar-refractivity contribution in [2.24, 2.45) is 0 Å². The van der Waals surface area contributed by atoms with Crippen LogP contribution in [0.15, 0.2) is 85.1 Å². The van der Waals surface area contributed by atoms with Gasteiger partial charge < -0.3 is 65.1 Å². The molecule has 0 aromatic rings. The minimum Gasteiger partial charge on any atom is -0.394 e. The van der Waals surface area contributed by atoms with E-state index in [4.69, 9.17) is 18.9 Å². The monoisotopic (exact) mass is 878 g/mol. The van der Waals surface area contributed by atoms with Crippen LogP contribution in [0.3, 0.4) is 0 Å². The Labute approximate surface area is 370 Å². The van der Waals surface area contributed by atoms with Crippen molar-refractivity contribution in [2.75, 3.05) is 19.8 Å². The van der Waals surface area contributed by atoms with E-state index < -0.39 is 86.8 Å². The second kappa shape index (κ2) is 34.6. The largest absolute Gasteiger partial charge is 0.394 e. The molecule has 2 aliphatic rings.